The lowest BCUT2D eigenvalue weighted by Gasteiger charge is -2.32. The number of likely N-dealkylation sites (tertiary alicyclic amines) is 1. The second-order valence-corrected chi connectivity index (χ2v) is 6.86. The van der Waals surface area contributed by atoms with Crippen LogP contribution in [0.5, 0.6) is 0 Å². The summed E-state index contributed by atoms with van der Waals surface area (Å²) < 4.78 is 0. The summed E-state index contributed by atoms with van der Waals surface area (Å²) in [4.78, 5) is 37.9. The van der Waals surface area contributed by atoms with Crippen LogP contribution in [0, 0.1) is 5.92 Å². The molecule has 1 saturated heterocycles. The van der Waals surface area contributed by atoms with Gasteiger partial charge in [0.25, 0.3) is 5.91 Å². The minimum atomic E-state index is -0.590. The van der Waals surface area contributed by atoms with Crippen LogP contribution in [0.3, 0.4) is 0 Å². The number of primary amides is 1. The fourth-order valence-corrected chi connectivity index (χ4v) is 3.28. The Morgan fingerprint density at radius 2 is 1.75 bits per heavy atom. The highest BCUT2D eigenvalue weighted by molar-refractivity contribution is 5.96. The van der Waals surface area contributed by atoms with Gasteiger partial charge in [-0.15, -0.1) is 0 Å². The molecule has 7 nitrogen and oxygen atoms in total. The fraction of sp³-hybridized carbons (Fsp3) is 0.286. The number of nitrogens with two attached hydrogens (primary N) is 1. The number of hydrogen-bond acceptors (Lipinski definition) is 3. The summed E-state index contributed by atoms with van der Waals surface area (Å²) >= 11 is 0. The number of anilines is 1. The van der Waals surface area contributed by atoms with Crippen molar-refractivity contribution in [2.24, 2.45) is 11.7 Å². The van der Waals surface area contributed by atoms with Crippen molar-refractivity contribution in [2.45, 2.75) is 19.4 Å². The van der Waals surface area contributed by atoms with Crippen molar-refractivity contribution < 1.29 is 14.4 Å². The highest BCUT2D eigenvalue weighted by Gasteiger charge is 2.29. The number of carbonyl (C=O) groups is 3. The zero-order chi connectivity index (χ0) is 19.9. The molecule has 28 heavy (non-hydrogen) atoms. The first-order valence-corrected chi connectivity index (χ1v) is 9.30. The number of nitrogens with zero attached hydrogens (tertiary/aromatic N) is 1. The van der Waals surface area contributed by atoms with Crippen molar-refractivity contribution in [3.05, 3.63) is 65.7 Å². The number of urea groups is 1. The third kappa shape index (κ3) is 5.09. The molecule has 0 bridgehead atoms. The number of carbonyl (C=O) groups excluding carboxylic acids is 3. The van der Waals surface area contributed by atoms with E-state index in [0.717, 1.165) is 24.1 Å². The van der Waals surface area contributed by atoms with E-state index in [-0.39, 0.29) is 17.7 Å². The van der Waals surface area contributed by atoms with Crippen LogP contribution in [0.25, 0.3) is 0 Å². The summed E-state index contributed by atoms with van der Waals surface area (Å²) in [6.07, 6.45) is 1.55. The predicted octanol–water partition coefficient (Wildman–Crippen LogP) is 2.35. The number of para-hydroxylation sites is 1. The fourth-order valence-electron chi connectivity index (χ4n) is 3.28. The molecule has 4 N–H and O–H groups in total. The Labute approximate surface area is 163 Å². The monoisotopic (exact) mass is 380 g/mol. The van der Waals surface area contributed by atoms with E-state index in [2.05, 4.69) is 10.6 Å². The average Bonchev–Trinajstić information content (AvgIpc) is 2.73. The minimum Gasteiger partial charge on any atom is -0.352 e. The van der Waals surface area contributed by atoms with E-state index < -0.39 is 6.03 Å². The summed E-state index contributed by atoms with van der Waals surface area (Å²) in [5.41, 5.74) is 7.24. The van der Waals surface area contributed by atoms with Crippen LogP contribution in [0.4, 0.5) is 10.5 Å². The lowest BCUT2D eigenvalue weighted by Crippen LogP contribution is -2.43. The summed E-state index contributed by atoms with van der Waals surface area (Å²) in [6, 6.07) is 15.8. The summed E-state index contributed by atoms with van der Waals surface area (Å²) in [5.74, 6) is -0.375. The molecule has 1 aliphatic heterocycles. The van der Waals surface area contributed by atoms with E-state index in [4.69, 9.17) is 5.73 Å². The molecule has 0 radical (unpaired) electrons. The summed E-state index contributed by atoms with van der Waals surface area (Å²) in [5, 5.41) is 5.43. The van der Waals surface area contributed by atoms with Crippen molar-refractivity contribution >= 4 is 23.5 Å². The molecule has 1 unspecified atom stereocenters. The van der Waals surface area contributed by atoms with Gasteiger partial charge in [0.05, 0.1) is 5.92 Å². The van der Waals surface area contributed by atoms with Crippen molar-refractivity contribution in [2.75, 3.05) is 18.4 Å². The molecule has 2 aromatic carbocycles. The lowest BCUT2D eigenvalue weighted by molar-refractivity contribution is -0.121. The third-order valence-electron chi connectivity index (χ3n) is 4.79. The Balaban J connectivity index is 1.59. The molecule has 0 aromatic heterocycles. The van der Waals surface area contributed by atoms with Crippen LogP contribution >= 0.6 is 0 Å². The molecule has 4 amide bonds. The molecule has 7 heteroatoms. The molecule has 1 heterocycles. The van der Waals surface area contributed by atoms with Crippen molar-refractivity contribution in [3.8, 4) is 0 Å². The van der Waals surface area contributed by atoms with E-state index in [9.17, 15) is 14.4 Å². The van der Waals surface area contributed by atoms with Crippen LogP contribution < -0.4 is 16.4 Å². The summed E-state index contributed by atoms with van der Waals surface area (Å²) in [6.45, 7) is 1.36. The van der Waals surface area contributed by atoms with Gasteiger partial charge in [0.2, 0.25) is 5.91 Å². The molecule has 2 aromatic rings. The van der Waals surface area contributed by atoms with Crippen LogP contribution in [0.15, 0.2) is 54.6 Å². The Bertz CT molecular complexity index is 836. The largest absolute Gasteiger partial charge is 0.352 e. The normalized spacial score (nSPS) is 16.3. The molecule has 146 valence electrons. The van der Waals surface area contributed by atoms with Crippen LogP contribution in [0.1, 0.15) is 28.8 Å². The number of piperidine rings is 1. The Kier molecular flexibility index (Phi) is 6.26. The average molecular weight is 380 g/mol. The maximum absolute atomic E-state index is 12.8. The van der Waals surface area contributed by atoms with E-state index in [1.165, 1.54) is 0 Å². The maximum atomic E-state index is 12.8. The molecule has 1 aliphatic rings. The van der Waals surface area contributed by atoms with Crippen LogP contribution in [-0.4, -0.2) is 35.8 Å². The van der Waals surface area contributed by atoms with Gasteiger partial charge in [0.1, 0.15) is 0 Å². The molecular weight excluding hydrogens is 356 g/mol. The number of benzene rings is 2. The predicted molar refractivity (Wildman–Crippen MR) is 107 cm³/mol. The van der Waals surface area contributed by atoms with E-state index >= 15 is 0 Å². The topological polar surface area (TPSA) is 105 Å². The SMILES string of the molecule is NC(=O)NCc1ccc(C(=O)N2CCCC(C(=O)Nc3ccccc3)C2)cc1. The van der Waals surface area contributed by atoms with Crippen LogP contribution in [0.2, 0.25) is 0 Å². The third-order valence-corrected chi connectivity index (χ3v) is 4.79. The second-order valence-electron chi connectivity index (χ2n) is 6.86. The van der Waals surface area contributed by atoms with E-state index in [1.54, 1.807) is 29.2 Å². The van der Waals surface area contributed by atoms with Gasteiger partial charge >= 0.3 is 6.03 Å². The first kappa shape index (κ1) is 19.4. The van der Waals surface area contributed by atoms with Gasteiger partial charge in [0.15, 0.2) is 0 Å². The van der Waals surface area contributed by atoms with Crippen molar-refractivity contribution in [1.82, 2.24) is 10.2 Å². The number of nitrogens with one attached hydrogen (secondary N) is 2. The molecule has 3 rings (SSSR count). The molecule has 1 atom stereocenters. The standard InChI is InChI=1S/C21H24N4O3/c22-21(28)23-13-15-8-10-16(11-9-15)20(27)25-12-4-5-17(14-25)19(26)24-18-6-2-1-3-7-18/h1-3,6-11,17H,4-5,12-14H2,(H,24,26)(H3,22,23,28). The Hall–Kier alpha value is -3.35. The zero-order valence-corrected chi connectivity index (χ0v) is 15.6. The molecule has 0 aliphatic carbocycles. The second kappa shape index (κ2) is 9.03. The lowest BCUT2D eigenvalue weighted by atomic mass is 9.96. The maximum Gasteiger partial charge on any atom is 0.312 e. The van der Waals surface area contributed by atoms with Gasteiger partial charge in [-0.3, -0.25) is 9.59 Å². The molecule has 1 fully saturated rings. The highest BCUT2D eigenvalue weighted by Crippen LogP contribution is 2.21. The van der Waals surface area contributed by atoms with Gasteiger partial charge in [-0.1, -0.05) is 30.3 Å². The van der Waals surface area contributed by atoms with E-state index in [0.29, 0.717) is 25.2 Å². The quantitative estimate of drug-likeness (QED) is 0.741. The smallest absolute Gasteiger partial charge is 0.312 e. The van der Waals surface area contributed by atoms with Gasteiger partial charge in [0, 0.05) is 30.9 Å². The number of hydrogen-bond donors (Lipinski definition) is 3. The van der Waals surface area contributed by atoms with Gasteiger partial charge in [-0.05, 0) is 42.7 Å². The van der Waals surface area contributed by atoms with Gasteiger partial charge in [-0.25, -0.2) is 4.79 Å². The Morgan fingerprint density at radius 1 is 1.04 bits per heavy atom. The Morgan fingerprint density at radius 3 is 2.43 bits per heavy atom. The number of rotatable bonds is 5. The minimum absolute atomic E-state index is 0.0587. The van der Waals surface area contributed by atoms with Gasteiger partial charge in [-0.2, -0.15) is 0 Å². The first-order valence-electron chi connectivity index (χ1n) is 9.30. The van der Waals surface area contributed by atoms with Crippen molar-refractivity contribution in [3.63, 3.8) is 0 Å². The first-order chi connectivity index (χ1) is 13.5. The van der Waals surface area contributed by atoms with Crippen LogP contribution in [-0.2, 0) is 11.3 Å². The highest BCUT2D eigenvalue weighted by atomic mass is 16.2. The van der Waals surface area contributed by atoms with Crippen molar-refractivity contribution in [1.29, 1.82) is 0 Å². The van der Waals surface area contributed by atoms with Gasteiger partial charge < -0.3 is 21.3 Å². The number of amides is 4. The molecule has 0 spiro atoms. The molecular formula is C21H24N4O3. The summed E-state index contributed by atoms with van der Waals surface area (Å²) in [7, 11) is 0. The van der Waals surface area contributed by atoms with E-state index in [1.807, 2.05) is 30.3 Å². The zero-order valence-electron chi connectivity index (χ0n) is 15.6. The molecule has 0 saturated carbocycles.